The summed E-state index contributed by atoms with van der Waals surface area (Å²) in [6.07, 6.45) is 3.22. The Balaban J connectivity index is 1.81. The molecule has 3 rings (SSSR count). The summed E-state index contributed by atoms with van der Waals surface area (Å²) in [6.45, 7) is 5.64. The van der Waals surface area contributed by atoms with Gasteiger partial charge in [-0.3, -0.25) is 4.79 Å². The molecule has 0 aromatic heterocycles. The van der Waals surface area contributed by atoms with Crippen molar-refractivity contribution in [2.75, 3.05) is 26.3 Å². The summed E-state index contributed by atoms with van der Waals surface area (Å²) in [6, 6.07) is 4.56. The minimum absolute atomic E-state index is 0.0243. The number of nitrogens with one attached hydrogen (secondary N) is 1. The Bertz CT molecular complexity index is 793. The molecule has 1 aromatic rings. The predicted molar refractivity (Wildman–Crippen MR) is 104 cm³/mol. The van der Waals surface area contributed by atoms with Crippen LogP contribution < -0.4 is 5.32 Å². The molecule has 1 N–H and O–H groups in total. The highest BCUT2D eigenvalue weighted by Gasteiger charge is 2.31. The van der Waals surface area contributed by atoms with Gasteiger partial charge in [-0.2, -0.15) is 4.31 Å². The van der Waals surface area contributed by atoms with Gasteiger partial charge in [-0.05, 0) is 36.5 Å². The molecule has 1 heterocycles. The van der Waals surface area contributed by atoms with Crippen LogP contribution in [0.3, 0.4) is 0 Å². The zero-order chi connectivity index (χ0) is 19.6. The van der Waals surface area contributed by atoms with E-state index in [4.69, 9.17) is 16.3 Å². The van der Waals surface area contributed by atoms with Crippen molar-refractivity contribution in [2.24, 2.45) is 11.8 Å². The topological polar surface area (TPSA) is 75.7 Å². The maximum atomic E-state index is 12.9. The lowest BCUT2D eigenvalue weighted by Gasteiger charge is -2.34. The van der Waals surface area contributed by atoms with E-state index in [1.165, 1.54) is 22.9 Å². The Morgan fingerprint density at radius 2 is 1.93 bits per heavy atom. The fourth-order valence-electron chi connectivity index (χ4n) is 3.81. The minimum atomic E-state index is -3.76. The van der Waals surface area contributed by atoms with Gasteiger partial charge in [-0.1, -0.05) is 38.3 Å². The van der Waals surface area contributed by atoms with Gasteiger partial charge in [0.15, 0.2) is 0 Å². The second-order valence-electron chi connectivity index (χ2n) is 7.51. The van der Waals surface area contributed by atoms with Crippen LogP contribution in [-0.4, -0.2) is 51.0 Å². The van der Waals surface area contributed by atoms with Gasteiger partial charge >= 0.3 is 0 Å². The zero-order valence-electron chi connectivity index (χ0n) is 15.8. The molecule has 1 saturated heterocycles. The lowest BCUT2D eigenvalue weighted by Crippen LogP contribution is -2.43. The van der Waals surface area contributed by atoms with Crippen LogP contribution in [0.25, 0.3) is 0 Å². The van der Waals surface area contributed by atoms with Crippen molar-refractivity contribution in [3.05, 3.63) is 28.8 Å². The van der Waals surface area contributed by atoms with Crippen molar-refractivity contribution in [3.63, 3.8) is 0 Å². The first kappa shape index (κ1) is 20.6. The maximum Gasteiger partial charge on any atom is 0.251 e. The molecule has 150 valence electrons. The zero-order valence-corrected chi connectivity index (χ0v) is 17.4. The van der Waals surface area contributed by atoms with E-state index in [1.54, 1.807) is 6.07 Å². The summed E-state index contributed by atoms with van der Waals surface area (Å²) in [5.41, 5.74) is 0.316. The van der Waals surface area contributed by atoms with Crippen molar-refractivity contribution in [1.29, 1.82) is 0 Å². The molecular formula is C19H27ClN2O4S. The molecule has 6 nitrogen and oxygen atoms in total. The average Bonchev–Trinajstić information content (AvgIpc) is 2.66. The third-order valence-corrected chi connectivity index (χ3v) is 8.18. The van der Waals surface area contributed by atoms with E-state index >= 15 is 0 Å². The van der Waals surface area contributed by atoms with E-state index in [2.05, 4.69) is 19.2 Å². The number of carbonyl (C=O) groups excluding carboxylic acids is 1. The molecule has 8 heteroatoms. The minimum Gasteiger partial charge on any atom is -0.379 e. The summed E-state index contributed by atoms with van der Waals surface area (Å²) >= 11 is 6.17. The molecule has 1 amide bonds. The summed E-state index contributed by atoms with van der Waals surface area (Å²) < 4.78 is 32.4. The van der Waals surface area contributed by atoms with Crippen LogP contribution in [0.1, 0.15) is 43.5 Å². The van der Waals surface area contributed by atoms with E-state index in [0.717, 1.165) is 12.8 Å². The van der Waals surface area contributed by atoms with E-state index in [9.17, 15) is 13.2 Å². The van der Waals surface area contributed by atoms with Gasteiger partial charge in [-0.15, -0.1) is 0 Å². The van der Waals surface area contributed by atoms with Crippen LogP contribution in [0.15, 0.2) is 23.1 Å². The van der Waals surface area contributed by atoms with Crippen molar-refractivity contribution >= 4 is 27.5 Å². The fourth-order valence-corrected chi connectivity index (χ4v) is 5.71. The number of amides is 1. The van der Waals surface area contributed by atoms with E-state index in [0.29, 0.717) is 30.6 Å². The maximum absolute atomic E-state index is 12.9. The van der Waals surface area contributed by atoms with Gasteiger partial charge in [-0.25, -0.2) is 8.42 Å². The fraction of sp³-hybridized carbons (Fsp3) is 0.632. The van der Waals surface area contributed by atoms with Gasteiger partial charge in [0.2, 0.25) is 10.0 Å². The third kappa shape index (κ3) is 4.47. The number of halogens is 1. The smallest absolute Gasteiger partial charge is 0.251 e. The number of morpholine rings is 1. The highest BCUT2D eigenvalue weighted by molar-refractivity contribution is 7.89. The van der Waals surface area contributed by atoms with E-state index < -0.39 is 10.0 Å². The first-order chi connectivity index (χ1) is 12.8. The number of ether oxygens (including phenoxy) is 1. The van der Waals surface area contributed by atoms with Crippen molar-refractivity contribution in [3.8, 4) is 0 Å². The largest absolute Gasteiger partial charge is 0.379 e. The Hall–Kier alpha value is -1.15. The molecule has 0 bridgehead atoms. The molecule has 1 aliphatic heterocycles. The molecular weight excluding hydrogens is 388 g/mol. The van der Waals surface area contributed by atoms with Crippen LogP contribution in [0.2, 0.25) is 5.02 Å². The van der Waals surface area contributed by atoms with Crippen LogP contribution >= 0.6 is 11.6 Å². The number of rotatable bonds is 4. The third-order valence-electron chi connectivity index (χ3n) is 5.80. The monoisotopic (exact) mass is 414 g/mol. The van der Waals surface area contributed by atoms with Crippen molar-refractivity contribution < 1.29 is 17.9 Å². The number of benzene rings is 1. The number of nitrogens with zero attached hydrogens (tertiary/aromatic N) is 1. The predicted octanol–water partition coefficient (Wildman–Crippen LogP) is 2.92. The Morgan fingerprint density at radius 1 is 1.22 bits per heavy atom. The van der Waals surface area contributed by atoms with Gasteiger partial charge < -0.3 is 10.1 Å². The number of hydrogen-bond donors (Lipinski definition) is 1. The molecule has 0 spiro atoms. The first-order valence-corrected chi connectivity index (χ1v) is 11.3. The van der Waals surface area contributed by atoms with Gasteiger partial charge in [0.1, 0.15) is 4.90 Å². The summed E-state index contributed by atoms with van der Waals surface area (Å²) in [5.74, 6) is 0.703. The molecule has 0 radical (unpaired) electrons. The van der Waals surface area contributed by atoms with Crippen LogP contribution in [0.4, 0.5) is 0 Å². The summed E-state index contributed by atoms with van der Waals surface area (Å²) in [5, 5.41) is 3.21. The second-order valence-corrected chi connectivity index (χ2v) is 9.82. The lowest BCUT2D eigenvalue weighted by molar-refractivity contribution is 0.0730. The number of carbonyl (C=O) groups is 1. The summed E-state index contributed by atoms with van der Waals surface area (Å²) in [7, 11) is -3.76. The van der Waals surface area contributed by atoms with Crippen LogP contribution in [0.5, 0.6) is 0 Å². The van der Waals surface area contributed by atoms with E-state index in [1.807, 2.05) is 0 Å². The second kappa shape index (κ2) is 8.47. The van der Waals surface area contributed by atoms with Crippen LogP contribution in [-0.2, 0) is 14.8 Å². The van der Waals surface area contributed by atoms with Gasteiger partial charge in [0.25, 0.3) is 5.91 Å². The van der Waals surface area contributed by atoms with Gasteiger partial charge in [0, 0.05) is 24.7 Å². The van der Waals surface area contributed by atoms with Crippen molar-refractivity contribution in [2.45, 2.75) is 44.0 Å². The Kier molecular flexibility index (Phi) is 6.46. The number of sulfonamides is 1. The molecule has 3 atom stereocenters. The van der Waals surface area contributed by atoms with E-state index in [-0.39, 0.29) is 35.0 Å². The number of hydrogen-bond acceptors (Lipinski definition) is 4. The molecule has 0 unspecified atom stereocenters. The highest BCUT2D eigenvalue weighted by Crippen LogP contribution is 2.30. The molecule has 1 aliphatic carbocycles. The quantitative estimate of drug-likeness (QED) is 0.821. The highest BCUT2D eigenvalue weighted by atomic mass is 35.5. The average molecular weight is 415 g/mol. The first-order valence-electron chi connectivity index (χ1n) is 9.49. The molecule has 27 heavy (non-hydrogen) atoms. The van der Waals surface area contributed by atoms with Gasteiger partial charge in [0.05, 0.1) is 18.2 Å². The standard InChI is InChI=1S/C19H27ClN2O4S/c1-13-4-3-5-17(14(13)2)21-19(23)15-6-7-16(20)18(12-15)27(24,25)22-8-10-26-11-9-22/h6-7,12-14,17H,3-5,8-11H2,1-2H3,(H,21,23)/t13-,14-,17+/m1/s1. The normalized spacial score (nSPS) is 27.3. The Morgan fingerprint density at radius 3 is 2.63 bits per heavy atom. The SMILES string of the molecule is C[C@@H]1[C@H](C)CCC[C@@H]1NC(=O)c1ccc(Cl)c(S(=O)(=O)N2CCOCC2)c1. The molecule has 2 fully saturated rings. The Labute approximate surface area is 166 Å². The summed E-state index contributed by atoms with van der Waals surface area (Å²) in [4.78, 5) is 12.7. The molecule has 2 aliphatic rings. The molecule has 1 aromatic carbocycles. The van der Waals surface area contributed by atoms with Crippen LogP contribution in [0, 0.1) is 11.8 Å². The van der Waals surface area contributed by atoms with Crippen molar-refractivity contribution in [1.82, 2.24) is 9.62 Å². The lowest BCUT2D eigenvalue weighted by atomic mass is 9.78. The molecule has 1 saturated carbocycles.